The molecule has 0 radical (unpaired) electrons. The molecule has 96 valence electrons. The molecule has 17 heavy (non-hydrogen) atoms. The third-order valence-corrected chi connectivity index (χ3v) is 5.54. The zero-order valence-corrected chi connectivity index (χ0v) is 10.7. The van der Waals surface area contributed by atoms with E-state index < -0.39 is 28.1 Å². The first-order valence-corrected chi connectivity index (χ1v) is 7.35. The van der Waals surface area contributed by atoms with Crippen LogP contribution in [0.1, 0.15) is 13.3 Å². The molecular weight excluding hydrogens is 273 g/mol. The van der Waals surface area contributed by atoms with Gasteiger partial charge in [-0.1, -0.05) is 0 Å². The summed E-state index contributed by atoms with van der Waals surface area (Å²) >= 11 is 1.12. The summed E-state index contributed by atoms with van der Waals surface area (Å²) in [6, 6.07) is 0. The van der Waals surface area contributed by atoms with Gasteiger partial charge in [-0.05, 0) is 6.92 Å². The van der Waals surface area contributed by atoms with E-state index in [0.717, 1.165) is 11.3 Å². The Kier molecular flexibility index (Phi) is 5.13. The number of hydrogen-bond donors (Lipinski definition) is 0. The predicted octanol–water partition coefficient (Wildman–Crippen LogP) is 3.46. The SMILES string of the molecule is CCN=S(=O)(CCC(F)=C(F)F)c1nccs1. The molecule has 1 atom stereocenters. The quantitative estimate of drug-likeness (QED) is 0.831. The van der Waals surface area contributed by atoms with E-state index in [1.807, 2.05) is 0 Å². The summed E-state index contributed by atoms with van der Waals surface area (Å²) in [5.41, 5.74) is 0. The van der Waals surface area contributed by atoms with Crippen LogP contribution in [0.25, 0.3) is 0 Å². The van der Waals surface area contributed by atoms with Crippen LogP contribution in [0.5, 0.6) is 0 Å². The number of thiazole rings is 1. The Morgan fingerprint density at radius 3 is 2.71 bits per heavy atom. The number of hydrogen-bond acceptors (Lipinski definition) is 4. The molecule has 3 nitrogen and oxygen atoms in total. The van der Waals surface area contributed by atoms with Crippen molar-refractivity contribution in [2.75, 3.05) is 12.3 Å². The summed E-state index contributed by atoms with van der Waals surface area (Å²) in [4.78, 5) is 3.85. The molecule has 0 spiro atoms. The number of rotatable bonds is 5. The lowest BCUT2D eigenvalue weighted by Gasteiger charge is -2.05. The second-order valence-electron chi connectivity index (χ2n) is 3.00. The van der Waals surface area contributed by atoms with Crippen LogP contribution in [-0.4, -0.2) is 21.5 Å². The number of allylic oxidation sites excluding steroid dienone is 1. The number of nitrogens with zero attached hydrogens (tertiary/aromatic N) is 2. The van der Waals surface area contributed by atoms with E-state index in [0.29, 0.717) is 0 Å². The van der Waals surface area contributed by atoms with Gasteiger partial charge in [0.1, 0.15) is 9.73 Å². The van der Waals surface area contributed by atoms with Crippen LogP contribution >= 0.6 is 11.3 Å². The summed E-state index contributed by atoms with van der Waals surface area (Å²) < 4.78 is 52.9. The third-order valence-electron chi connectivity index (χ3n) is 1.82. The van der Waals surface area contributed by atoms with Gasteiger partial charge in [0.25, 0.3) is 0 Å². The fourth-order valence-electron chi connectivity index (χ4n) is 1.11. The van der Waals surface area contributed by atoms with E-state index >= 15 is 0 Å². The standard InChI is InChI=1S/C9H11F3N2OS2/c1-2-14-17(15,9-13-4-5-16-9)6-3-7(10)8(11)12/h4-5H,2-3,6H2,1H3. The van der Waals surface area contributed by atoms with Gasteiger partial charge in [-0.15, -0.1) is 11.3 Å². The highest BCUT2D eigenvalue weighted by Gasteiger charge is 2.17. The molecule has 0 amide bonds. The van der Waals surface area contributed by atoms with E-state index in [4.69, 9.17) is 0 Å². The van der Waals surface area contributed by atoms with Gasteiger partial charge in [0, 0.05) is 30.3 Å². The molecule has 1 aromatic rings. The Balaban J connectivity index is 2.94. The van der Waals surface area contributed by atoms with E-state index in [2.05, 4.69) is 9.35 Å². The van der Waals surface area contributed by atoms with Crippen LogP contribution in [-0.2, 0) is 9.73 Å². The third kappa shape index (κ3) is 3.81. The number of aromatic nitrogens is 1. The molecule has 0 aliphatic heterocycles. The Hall–Kier alpha value is -0.890. The van der Waals surface area contributed by atoms with Gasteiger partial charge in [0.15, 0.2) is 10.2 Å². The van der Waals surface area contributed by atoms with Crippen molar-refractivity contribution in [3.8, 4) is 0 Å². The van der Waals surface area contributed by atoms with Gasteiger partial charge in [0.2, 0.25) is 0 Å². The Bertz CT molecular complexity index is 500. The molecule has 0 aromatic carbocycles. The molecule has 0 aliphatic carbocycles. The highest BCUT2D eigenvalue weighted by Crippen LogP contribution is 2.21. The minimum absolute atomic E-state index is 0.256. The van der Waals surface area contributed by atoms with Crippen LogP contribution in [0.2, 0.25) is 0 Å². The summed E-state index contributed by atoms with van der Waals surface area (Å²) in [6.45, 7) is 1.94. The van der Waals surface area contributed by atoms with Crippen molar-refractivity contribution in [3.63, 3.8) is 0 Å². The van der Waals surface area contributed by atoms with Gasteiger partial charge in [-0.25, -0.2) is 17.9 Å². The first-order chi connectivity index (χ1) is 7.99. The van der Waals surface area contributed by atoms with Crippen LogP contribution < -0.4 is 0 Å². The summed E-state index contributed by atoms with van der Waals surface area (Å²) in [5, 5.41) is 1.61. The lowest BCUT2D eigenvalue weighted by Crippen LogP contribution is -2.07. The fourth-order valence-corrected chi connectivity index (χ4v) is 4.15. The molecule has 0 fully saturated rings. The van der Waals surface area contributed by atoms with Crippen molar-refractivity contribution in [2.24, 2.45) is 4.36 Å². The molecule has 1 rings (SSSR count). The first kappa shape index (κ1) is 14.2. The molecule has 8 heteroatoms. The van der Waals surface area contributed by atoms with Crippen molar-refractivity contribution in [1.82, 2.24) is 4.98 Å². The molecule has 0 N–H and O–H groups in total. The average molecular weight is 284 g/mol. The normalized spacial score (nSPS) is 14.1. The monoisotopic (exact) mass is 284 g/mol. The molecule has 0 saturated carbocycles. The maximum Gasteiger partial charge on any atom is 0.301 e. The van der Waals surface area contributed by atoms with Crippen molar-refractivity contribution >= 4 is 21.1 Å². The zero-order valence-electron chi connectivity index (χ0n) is 9.03. The Morgan fingerprint density at radius 2 is 2.24 bits per heavy atom. The lowest BCUT2D eigenvalue weighted by molar-refractivity contribution is 0.373. The topological polar surface area (TPSA) is 42.3 Å². The summed E-state index contributed by atoms with van der Waals surface area (Å²) in [7, 11) is -2.88. The van der Waals surface area contributed by atoms with Crippen LogP contribution in [0.3, 0.4) is 0 Å². The molecule has 1 aromatic heterocycles. The minimum Gasteiger partial charge on any atom is -0.242 e. The maximum atomic E-state index is 12.7. The van der Waals surface area contributed by atoms with Crippen LogP contribution in [0.4, 0.5) is 13.2 Å². The highest BCUT2D eigenvalue weighted by molar-refractivity contribution is 7.95. The van der Waals surface area contributed by atoms with Gasteiger partial charge < -0.3 is 0 Å². The van der Waals surface area contributed by atoms with Crippen molar-refractivity contribution in [1.29, 1.82) is 0 Å². The second kappa shape index (κ2) is 6.15. The van der Waals surface area contributed by atoms with Gasteiger partial charge >= 0.3 is 6.08 Å². The summed E-state index contributed by atoms with van der Waals surface area (Å²) in [5.74, 6) is -1.82. The van der Waals surface area contributed by atoms with Crippen molar-refractivity contribution < 1.29 is 17.4 Å². The zero-order chi connectivity index (χ0) is 12.9. The fraction of sp³-hybridized carbons (Fsp3) is 0.444. The minimum atomic E-state index is -2.88. The van der Waals surface area contributed by atoms with E-state index in [1.165, 1.54) is 6.20 Å². The summed E-state index contributed by atoms with van der Waals surface area (Å²) in [6.07, 6.45) is -1.51. The van der Waals surface area contributed by atoms with E-state index in [1.54, 1.807) is 12.3 Å². The average Bonchev–Trinajstić information content (AvgIpc) is 2.80. The molecular formula is C9H11F3N2OS2. The van der Waals surface area contributed by atoms with Crippen LogP contribution in [0, 0.1) is 0 Å². The molecule has 0 aliphatic rings. The van der Waals surface area contributed by atoms with Gasteiger partial charge in [0.05, 0.1) is 0 Å². The molecule has 0 saturated heterocycles. The van der Waals surface area contributed by atoms with Crippen molar-refractivity contribution in [3.05, 3.63) is 23.5 Å². The van der Waals surface area contributed by atoms with Gasteiger partial charge in [-0.2, -0.15) is 8.78 Å². The van der Waals surface area contributed by atoms with Crippen LogP contribution in [0.15, 0.2) is 32.2 Å². The molecule has 0 bridgehead atoms. The van der Waals surface area contributed by atoms with E-state index in [-0.39, 0.29) is 16.6 Å². The molecule has 1 unspecified atom stereocenters. The van der Waals surface area contributed by atoms with Crippen molar-refractivity contribution in [2.45, 2.75) is 17.7 Å². The smallest absolute Gasteiger partial charge is 0.242 e. The maximum absolute atomic E-state index is 12.7. The van der Waals surface area contributed by atoms with E-state index in [9.17, 15) is 17.4 Å². The Morgan fingerprint density at radius 1 is 1.53 bits per heavy atom. The number of halogens is 3. The Labute approximate surface area is 102 Å². The largest absolute Gasteiger partial charge is 0.301 e. The molecule has 1 heterocycles. The second-order valence-corrected chi connectivity index (χ2v) is 6.49. The lowest BCUT2D eigenvalue weighted by atomic mass is 10.4. The first-order valence-electron chi connectivity index (χ1n) is 4.79. The van der Waals surface area contributed by atoms with Gasteiger partial charge in [-0.3, -0.25) is 0 Å². The predicted molar refractivity (Wildman–Crippen MR) is 61.3 cm³/mol. The highest BCUT2D eigenvalue weighted by atomic mass is 32.2.